The van der Waals surface area contributed by atoms with Crippen LogP contribution in [0, 0.1) is 0 Å². The number of nitrogens with zero attached hydrogens (tertiary/aromatic N) is 2. The van der Waals surface area contributed by atoms with Crippen LogP contribution in [0.15, 0.2) is 114 Å². The second-order valence-corrected chi connectivity index (χ2v) is 10.7. The zero-order valence-corrected chi connectivity index (χ0v) is 20.4. The van der Waals surface area contributed by atoms with E-state index in [9.17, 15) is 0 Å². The molecule has 4 heteroatoms. The number of hydrogen-bond acceptors (Lipinski definition) is 3. The van der Waals surface area contributed by atoms with E-state index in [1.165, 1.54) is 52.5 Å². The third kappa shape index (κ3) is 2.52. The van der Waals surface area contributed by atoms with Crippen LogP contribution in [-0.4, -0.2) is 9.55 Å². The number of benzene rings is 6. The summed E-state index contributed by atoms with van der Waals surface area (Å²) < 4.78 is 11.2. The lowest BCUT2D eigenvalue weighted by atomic mass is 10.00. The predicted molar refractivity (Wildman–Crippen MR) is 156 cm³/mol. The summed E-state index contributed by atoms with van der Waals surface area (Å²) in [4.78, 5) is 5.17. The molecule has 0 spiro atoms. The average Bonchev–Trinajstić information content (AvgIpc) is 3.63. The van der Waals surface area contributed by atoms with Crippen LogP contribution in [0.2, 0.25) is 0 Å². The van der Waals surface area contributed by atoms with Gasteiger partial charge in [0.2, 0.25) is 0 Å². The van der Waals surface area contributed by atoms with Gasteiger partial charge in [-0.15, -0.1) is 11.3 Å². The molecule has 3 nitrogen and oxygen atoms in total. The molecule has 0 aliphatic carbocycles. The minimum atomic E-state index is 0.600. The SMILES string of the molecule is c1ccc2c(c1)ccc1c2c2c3ccccc3ccc2n1-c1nc2c(ccc3sc4ccccc4c32)o1. The molecule has 6 aromatic carbocycles. The summed E-state index contributed by atoms with van der Waals surface area (Å²) in [5, 5.41) is 9.80. The normalized spacial score (nSPS) is 12.3. The van der Waals surface area contributed by atoms with Crippen LogP contribution in [-0.2, 0) is 0 Å². The van der Waals surface area contributed by atoms with Gasteiger partial charge in [-0.05, 0) is 51.9 Å². The molecule has 3 heterocycles. The number of oxazole rings is 1. The molecule has 0 aliphatic heterocycles. The molecule has 0 aliphatic rings. The summed E-state index contributed by atoms with van der Waals surface area (Å²) in [6, 6.07) is 39.4. The van der Waals surface area contributed by atoms with Gasteiger partial charge in [-0.2, -0.15) is 4.98 Å². The zero-order chi connectivity index (χ0) is 24.1. The maximum absolute atomic E-state index is 6.54. The summed E-state index contributed by atoms with van der Waals surface area (Å²) in [5.41, 5.74) is 3.93. The first kappa shape index (κ1) is 19.5. The van der Waals surface area contributed by atoms with Crippen LogP contribution in [0.1, 0.15) is 0 Å². The molecule has 3 aromatic heterocycles. The van der Waals surface area contributed by atoms with Gasteiger partial charge in [-0.3, -0.25) is 4.57 Å². The minimum absolute atomic E-state index is 0.600. The third-order valence-electron chi connectivity index (χ3n) is 7.62. The Labute approximate surface area is 214 Å². The van der Waals surface area contributed by atoms with Crippen LogP contribution in [0.3, 0.4) is 0 Å². The molecule has 0 bridgehead atoms. The number of fused-ring (bicyclic) bond motifs is 12. The van der Waals surface area contributed by atoms with E-state index < -0.39 is 0 Å². The van der Waals surface area contributed by atoms with E-state index in [0.717, 1.165) is 22.1 Å². The van der Waals surface area contributed by atoms with Gasteiger partial charge < -0.3 is 4.42 Å². The van der Waals surface area contributed by atoms with Crippen molar-refractivity contribution < 1.29 is 4.42 Å². The van der Waals surface area contributed by atoms with E-state index in [1.807, 2.05) is 0 Å². The molecule has 172 valence electrons. The zero-order valence-electron chi connectivity index (χ0n) is 19.6. The van der Waals surface area contributed by atoms with Crippen molar-refractivity contribution in [3.8, 4) is 6.01 Å². The Morgan fingerprint density at radius 1 is 0.541 bits per heavy atom. The fourth-order valence-corrected chi connectivity index (χ4v) is 7.15. The summed E-state index contributed by atoms with van der Waals surface area (Å²) in [6.07, 6.45) is 0. The topological polar surface area (TPSA) is 31.0 Å². The van der Waals surface area contributed by atoms with Crippen molar-refractivity contribution >= 4 is 86.0 Å². The first-order chi connectivity index (χ1) is 18.3. The van der Waals surface area contributed by atoms with Crippen molar-refractivity contribution in [1.82, 2.24) is 9.55 Å². The highest BCUT2D eigenvalue weighted by Gasteiger charge is 2.21. The van der Waals surface area contributed by atoms with Gasteiger partial charge in [-0.1, -0.05) is 78.9 Å². The van der Waals surface area contributed by atoms with Crippen molar-refractivity contribution in [3.63, 3.8) is 0 Å². The van der Waals surface area contributed by atoms with E-state index >= 15 is 0 Å². The molecular formula is C33H18N2OS. The van der Waals surface area contributed by atoms with Crippen LogP contribution in [0.5, 0.6) is 0 Å². The summed E-state index contributed by atoms with van der Waals surface area (Å²) >= 11 is 1.80. The monoisotopic (exact) mass is 490 g/mol. The molecule has 0 N–H and O–H groups in total. The van der Waals surface area contributed by atoms with E-state index in [1.54, 1.807) is 11.3 Å². The van der Waals surface area contributed by atoms with Gasteiger partial charge >= 0.3 is 6.01 Å². The molecule has 9 aromatic rings. The van der Waals surface area contributed by atoms with Gasteiger partial charge in [-0.25, -0.2) is 0 Å². The first-order valence-corrected chi connectivity index (χ1v) is 13.2. The maximum atomic E-state index is 6.54. The second kappa shape index (κ2) is 6.96. The highest BCUT2D eigenvalue weighted by atomic mass is 32.1. The maximum Gasteiger partial charge on any atom is 0.307 e. The Kier molecular flexibility index (Phi) is 3.67. The van der Waals surface area contributed by atoms with Crippen molar-refractivity contribution in [2.75, 3.05) is 0 Å². The quantitative estimate of drug-likeness (QED) is 0.229. The van der Waals surface area contributed by atoms with Gasteiger partial charge in [0, 0.05) is 30.9 Å². The van der Waals surface area contributed by atoms with Crippen molar-refractivity contribution in [2.45, 2.75) is 0 Å². The fraction of sp³-hybridized carbons (Fsp3) is 0. The van der Waals surface area contributed by atoms with Crippen molar-refractivity contribution in [3.05, 3.63) is 109 Å². The summed E-state index contributed by atoms with van der Waals surface area (Å²) in [6.45, 7) is 0. The second-order valence-electron chi connectivity index (χ2n) is 9.58. The largest absolute Gasteiger partial charge is 0.423 e. The molecule has 0 atom stereocenters. The average molecular weight is 491 g/mol. The van der Waals surface area contributed by atoms with Gasteiger partial charge in [0.15, 0.2) is 5.58 Å². The molecule has 0 unspecified atom stereocenters. The third-order valence-corrected chi connectivity index (χ3v) is 8.76. The predicted octanol–water partition coefficient (Wildman–Crippen LogP) is 9.60. The van der Waals surface area contributed by atoms with Crippen molar-refractivity contribution in [2.24, 2.45) is 0 Å². The highest BCUT2D eigenvalue weighted by molar-refractivity contribution is 7.26. The fourth-order valence-electron chi connectivity index (χ4n) is 6.04. The van der Waals surface area contributed by atoms with Crippen LogP contribution in [0.25, 0.3) is 80.6 Å². The van der Waals surface area contributed by atoms with Crippen molar-refractivity contribution in [1.29, 1.82) is 0 Å². The Morgan fingerprint density at radius 2 is 1.16 bits per heavy atom. The summed E-state index contributed by atoms with van der Waals surface area (Å²) in [5.74, 6) is 0. The molecule has 0 radical (unpaired) electrons. The Balaban J connectivity index is 1.48. The van der Waals surface area contributed by atoms with Gasteiger partial charge in [0.05, 0.1) is 11.0 Å². The smallest absolute Gasteiger partial charge is 0.307 e. The first-order valence-electron chi connectivity index (χ1n) is 12.4. The Bertz CT molecular complexity index is 2280. The number of rotatable bonds is 1. The Hall–Kier alpha value is -4.67. The molecule has 37 heavy (non-hydrogen) atoms. The molecule has 0 amide bonds. The molecule has 9 rings (SSSR count). The van der Waals surface area contributed by atoms with Gasteiger partial charge in [0.25, 0.3) is 0 Å². The van der Waals surface area contributed by atoms with Crippen LogP contribution < -0.4 is 0 Å². The van der Waals surface area contributed by atoms with E-state index in [-0.39, 0.29) is 0 Å². The molecule has 0 saturated carbocycles. The van der Waals surface area contributed by atoms with Gasteiger partial charge in [0.1, 0.15) is 5.52 Å². The summed E-state index contributed by atoms with van der Waals surface area (Å²) in [7, 11) is 0. The number of hydrogen-bond donors (Lipinski definition) is 0. The van der Waals surface area contributed by atoms with Crippen LogP contribution in [0.4, 0.5) is 0 Å². The standard InChI is InChI=1S/C33H18N2OS/c1-3-9-21-19(7-1)13-15-24-29(21)30-22-10-4-2-8-20(22)14-16-25(30)35(24)33-34-32-26(36-33)17-18-28-31(32)23-11-5-6-12-27(23)37-28/h1-18H. The molecule has 0 saturated heterocycles. The number of aromatic nitrogens is 2. The number of thiophene rings is 1. The lowest BCUT2D eigenvalue weighted by Crippen LogP contribution is -1.93. The highest BCUT2D eigenvalue weighted by Crippen LogP contribution is 2.42. The van der Waals surface area contributed by atoms with E-state index in [4.69, 9.17) is 9.40 Å². The molecular weight excluding hydrogens is 472 g/mol. The minimum Gasteiger partial charge on any atom is -0.423 e. The molecule has 0 fully saturated rings. The van der Waals surface area contributed by atoms with E-state index in [2.05, 4.69) is 114 Å². The van der Waals surface area contributed by atoms with E-state index in [0.29, 0.717) is 6.01 Å². The lowest BCUT2D eigenvalue weighted by Gasteiger charge is -2.03. The Morgan fingerprint density at radius 3 is 1.86 bits per heavy atom. The lowest BCUT2D eigenvalue weighted by molar-refractivity contribution is 0.574. The van der Waals surface area contributed by atoms with Crippen LogP contribution >= 0.6 is 11.3 Å².